The molecule has 0 aliphatic heterocycles. The van der Waals surface area contributed by atoms with Crippen molar-refractivity contribution in [3.63, 3.8) is 0 Å². The second kappa shape index (κ2) is 17.3. The molecule has 0 aliphatic rings. The molecule has 0 aromatic heterocycles. The number of aliphatic hydroxyl groups is 1. The summed E-state index contributed by atoms with van der Waals surface area (Å²) in [7, 11) is 0. The lowest BCUT2D eigenvalue weighted by molar-refractivity contribution is 0.111. The molecule has 0 aromatic rings. The van der Waals surface area contributed by atoms with E-state index < -0.39 is 0 Å². The first-order chi connectivity index (χ1) is 10.7. The highest BCUT2D eigenvalue weighted by Crippen LogP contribution is 2.21. The maximum absolute atomic E-state index is 9.87. The molecule has 0 heterocycles. The molecule has 0 fully saturated rings. The standard InChI is InChI=1S/C21H44O/c1-4-6-8-9-10-11-12-13-14-15-17-19-21(20(3)22)18-16-7-5-2/h20-22H,4-19H2,1-3H3. The molecule has 0 spiro atoms. The van der Waals surface area contributed by atoms with Gasteiger partial charge in [0.05, 0.1) is 6.10 Å². The van der Waals surface area contributed by atoms with E-state index in [0.29, 0.717) is 5.92 Å². The van der Waals surface area contributed by atoms with Crippen LogP contribution in [0.3, 0.4) is 0 Å². The Hall–Kier alpha value is -0.0400. The Kier molecular flexibility index (Phi) is 17.3. The molecule has 0 aliphatic carbocycles. The number of rotatable bonds is 17. The third kappa shape index (κ3) is 14.9. The summed E-state index contributed by atoms with van der Waals surface area (Å²) in [5.41, 5.74) is 0. The van der Waals surface area contributed by atoms with E-state index >= 15 is 0 Å². The van der Waals surface area contributed by atoms with Gasteiger partial charge in [-0.05, 0) is 25.7 Å². The summed E-state index contributed by atoms with van der Waals surface area (Å²) in [6, 6.07) is 0. The van der Waals surface area contributed by atoms with Crippen LogP contribution < -0.4 is 0 Å². The summed E-state index contributed by atoms with van der Waals surface area (Å²) < 4.78 is 0. The first kappa shape index (κ1) is 22.0. The monoisotopic (exact) mass is 312 g/mol. The van der Waals surface area contributed by atoms with E-state index in [2.05, 4.69) is 13.8 Å². The average Bonchev–Trinajstić information content (AvgIpc) is 2.50. The van der Waals surface area contributed by atoms with Gasteiger partial charge in [0.1, 0.15) is 0 Å². The summed E-state index contributed by atoms with van der Waals surface area (Å²) in [4.78, 5) is 0. The molecule has 1 heteroatoms. The minimum Gasteiger partial charge on any atom is -0.393 e. The first-order valence-corrected chi connectivity index (χ1v) is 10.4. The van der Waals surface area contributed by atoms with Crippen LogP contribution in [0.15, 0.2) is 0 Å². The second-order valence-electron chi connectivity index (χ2n) is 7.32. The summed E-state index contributed by atoms with van der Waals surface area (Å²) >= 11 is 0. The van der Waals surface area contributed by atoms with Crippen molar-refractivity contribution >= 4 is 0 Å². The van der Waals surface area contributed by atoms with Crippen LogP contribution in [0.25, 0.3) is 0 Å². The van der Waals surface area contributed by atoms with E-state index in [4.69, 9.17) is 0 Å². The van der Waals surface area contributed by atoms with E-state index in [1.54, 1.807) is 0 Å². The van der Waals surface area contributed by atoms with Gasteiger partial charge in [0.15, 0.2) is 0 Å². The topological polar surface area (TPSA) is 20.2 Å². The van der Waals surface area contributed by atoms with Crippen molar-refractivity contribution in [2.45, 2.75) is 130 Å². The highest BCUT2D eigenvalue weighted by molar-refractivity contribution is 4.65. The lowest BCUT2D eigenvalue weighted by Crippen LogP contribution is -2.16. The van der Waals surface area contributed by atoms with Gasteiger partial charge in [-0.2, -0.15) is 0 Å². The fourth-order valence-electron chi connectivity index (χ4n) is 3.35. The summed E-state index contributed by atoms with van der Waals surface area (Å²) in [5, 5.41) is 9.87. The highest BCUT2D eigenvalue weighted by Gasteiger charge is 2.13. The number of hydrogen-bond donors (Lipinski definition) is 1. The molecule has 0 radical (unpaired) electrons. The fourth-order valence-corrected chi connectivity index (χ4v) is 3.35. The molecule has 0 saturated carbocycles. The normalized spacial score (nSPS) is 14.2. The smallest absolute Gasteiger partial charge is 0.0540 e. The predicted molar refractivity (Wildman–Crippen MR) is 100 cm³/mol. The van der Waals surface area contributed by atoms with E-state index in [0.717, 1.165) is 0 Å². The Morgan fingerprint density at radius 3 is 1.27 bits per heavy atom. The Morgan fingerprint density at radius 2 is 0.864 bits per heavy atom. The van der Waals surface area contributed by atoms with Crippen LogP contribution in [0.1, 0.15) is 124 Å². The Labute approximate surface area is 141 Å². The quantitative estimate of drug-likeness (QED) is 0.280. The molecule has 134 valence electrons. The third-order valence-electron chi connectivity index (χ3n) is 5.04. The summed E-state index contributed by atoms with van der Waals surface area (Å²) in [6.45, 7) is 6.52. The van der Waals surface area contributed by atoms with Crippen molar-refractivity contribution in [1.82, 2.24) is 0 Å². The molecule has 0 aromatic carbocycles. The largest absolute Gasteiger partial charge is 0.393 e. The van der Waals surface area contributed by atoms with Gasteiger partial charge in [-0.1, -0.05) is 104 Å². The molecule has 0 bridgehead atoms. The van der Waals surface area contributed by atoms with Crippen molar-refractivity contribution in [3.8, 4) is 0 Å². The Morgan fingerprint density at radius 1 is 0.545 bits per heavy atom. The van der Waals surface area contributed by atoms with Crippen molar-refractivity contribution in [3.05, 3.63) is 0 Å². The molecule has 22 heavy (non-hydrogen) atoms. The van der Waals surface area contributed by atoms with Crippen LogP contribution in [0.5, 0.6) is 0 Å². The van der Waals surface area contributed by atoms with Gasteiger partial charge in [0, 0.05) is 0 Å². The zero-order valence-electron chi connectivity index (χ0n) is 15.9. The van der Waals surface area contributed by atoms with Crippen LogP contribution >= 0.6 is 0 Å². The molecule has 0 saturated heterocycles. The molecule has 1 nitrogen and oxygen atoms in total. The van der Waals surface area contributed by atoms with Crippen LogP contribution in [0, 0.1) is 5.92 Å². The van der Waals surface area contributed by atoms with E-state index in [1.807, 2.05) is 6.92 Å². The molecular weight excluding hydrogens is 268 g/mol. The van der Waals surface area contributed by atoms with Crippen molar-refractivity contribution < 1.29 is 5.11 Å². The minimum atomic E-state index is -0.111. The maximum atomic E-state index is 9.87. The van der Waals surface area contributed by atoms with Gasteiger partial charge in [-0.25, -0.2) is 0 Å². The van der Waals surface area contributed by atoms with Gasteiger partial charge in [-0.3, -0.25) is 0 Å². The van der Waals surface area contributed by atoms with Crippen LogP contribution in [0.4, 0.5) is 0 Å². The van der Waals surface area contributed by atoms with Crippen molar-refractivity contribution in [2.75, 3.05) is 0 Å². The number of unbranched alkanes of at least 4 members (excludes halogenated alkanes) is 12. The number of aliphatic hydroxyl groups excluding tert-OH is 1. The maximum Gasteiger partial charge on any atom is 0.0540 e. The zero-order valence-corrected chi connectivity index (χ0v) is 15.9. The molecular formula is C21H44O. The van der Waals surface area contributed by atoms with Crippen LogP contribution in [0.2, 0.25) is 0 Å². The van der Waals surface area contributed by atoms with Gasteiger partial charge >= 0.3 is 0 Å². The van der Waals surface area contributed by atoms with Gasteiger partial charge in [0.2, 0.25) is 0 Å². The van der Waals surface area contributed by atoms with Crippen molar-refractivity contribution in [2.24, 2.45) is 5.92 Å². The second-order valence-corrected chi connectivity index (χ2v) is 7.32. The Bertz CT molecular complexity index is 200. The van der Waals surface area contributed by atoms with Crippen LogP contribution in [-0.2, 0) is 0 Å². The highest BCUT2D eigenvalue weighted by atomic mass is 16.3. The molecule has 0 rings (SSSR count). The lowest BCUT2D eigenvalue weighted by atomic mass is 9.90. The fraction of sp³-hybridized carbons (Fsp3) is 1.00. The minimum absolute atomic E-state index is 0.111. The summed E-state index contributed by atoms with van der Waals surface area (Å²) in [6.07, 6.45) is 21.7. The lowest BCUT2D eigenvalue weighted by Gasteiger charge is -2.19. The van der Waals surface area contributed by atoms with E-state index in [1.165, 1.54) is 103 Å². The van der Waals surface area contributed by atoms with Crippen molar-refractivity contribution in [1.29, 1.82) is 0 Å². The molecule has 2 atom stereocenters. The zero-order chi connectivity index (χ0) is 16.5. The third-order valence-corrected chi connectivity index (χ3v) is 5.04. The first-order valence-electron chi connectivity index (χ1n) is 10.4. The van der Waals surface area contributed by atoms with Gasteiger partial charge in [-0.15, -0.1) is 0 Å². The Balaban J connectivity index is 3.34. The van der Waals surface area contributed by atoms with Gasteiger partial charge < -0.3 is 5.11 Å². The molecule has 2 unspecified atom stereocenters. The van der Waals surface area contributed by atoms with Crippen LogP contribution in [-0.4, -0.2) is 11.2 Å². The predicted octanol–water partition coefficient (Wildman–Crippen LogP) is 7.26. The summed E-state index contributed by atoms with van der Waals surface area (Å²) in [5.74, 6) is 0.546. The molecule has 1 N–H and O–H groups in total. The SMILES string of the molecule is CCCCCCCCCCCCCC(CCCCC)C(C)O. The van der Waals surface area contributed by atoms with E-state index in [9.17, 15) is 5.11 Å². The molecule has 0 amide bonds. The van der Waals surface area contributed by atoms with E-state index in [-0.39, 0.29) is 6.10 Å². The average molecular weight is 313 g/mol. The van der Waals surface area contributed by atoms with Gasteiger partial charge in [0.25, 0.3) is 0 Å². The number of hydrogen-bond acceptors (Lipinski definition) is 1.